The minimum Gasteiger partial charge on any atom is -0.307 e. The second-order valence-electron chi connectivity index (χ2n) is 6.12. The average molecular weight is 261 g/mol. The van der Waals surface area contributed by atoms with Crippen molar-refractivity contribution in [3.05, 3.63) is 35.4 Å². The molecule has 0 fully saturated rings. The van der Waals surface area contributed by atoms with Gasteiger partial charge in [-0.2, -0.15) is 0 Å². The van der Waals surface area contributed by atoms with Crippen LogP contribution in [0.15, 0.2) is 24.3 Å². The molecule has 0 bridgehead atoms. The van der Waals surface area contributed by atoms with Crippen molar-refractivity contribution in [3.8, 4) is 0 Å². The first kappa shape index (κ1) is 16.2. The molecule has 2 unspecified atom stereocenters. The molecule has 1 aromatic rings. The van der Waals surface area contributed by atoms with Crippen LogP contribution in [0.5, 0.6) is 0 Å². The molecular formula is C18H31N. The van der Waals surface area contributed by atoms with Crippen molar-refractivity contribution in [1.82, 2.24) is 5.32 Å². The third kappa shape index (κ3) is 5.78. The number of hydrogen-bond acceptors (Lipinski definition) is 1. The normalized spacial score (nSPS) is 14.6. The predicted octanol–water partition coefficient (Wildman–Crippen LogP) is 5.11. The van der Waals surface area contributed by atoms with Gasteiger partial charge in [0.1, 0.15) is 0 Å². The van der Waals surface area contributed by atoms with Gasteiger partial charge in [0.05, 0.1) is 0 Å². The molecule has 1 nitrogen and oxygen atoms in total. The monoisotopic (exact) mass is 261 g/mol. The quantitative estimate of drug-likeness (QED) is 0.685. The van der Waals surface area contributed by atoms with Crippen molar-refractivity contribution >= 4 is 0 Å². The third-order valence-electron chi connectivity index (χ3n) is 3.74. The maximum absolute atomic E-state index is 3.74. The Morgan fingerprint density at radius 3 is 2.11 bits per heavy atom. The topological polar surface area (TPSA) is 12.0 Å². The fourth-order valence-corrected chi connectivity index (χ4v) is 2.62. The maximum atomic E-state index is 3.74. The molecule has 0 aromatic heterocycles. The van der Waals surface area contributed by atoms with Crippen molar-refractivity contribution < 1.29 is 0 Å². The van der Waals surface area contributed by atoms with Crippen molar-refractivity contribution in [2.24, 2.45) is 5.92 Å². The standard InChI is InChI=1S/C18H31N/c1-6-8-18(7-2)19-15(5)17-11-9-16(10-12-17)13-14(3)4/h9-12,14-15,18-19H,6-8,13H2,1-5H3. The Hall–Kier alpha value is -0.820. The summed E-state index contributed by atoms with van der Waals surface area (Å²) >= 11 is 0. The summed E-state index contributed by atoms with van der Waals surface area (Å²) in [6.07, 6.45) is 4.91. The first-order valence-electron chi connectivity index (χ1n) is 7.91. The maximum Gasteiger partial charge on any atom is 0.0294 e. The molecule has 0 amide bonds. The van der Waals surface area contributed by atoms with Crippen LogP contribution >= 0.6 is 0 Å². The van der Waals surface area contributed by atoms with Crippen LogP contribution in [0.25, 0.3) is 0 Å². The Bertz CT molecular complexity index is 339. The molecule has 1 N–H and O–H groups in total. The van der Waals surface area contributed by atoms with Gasteiger partial charge in [0.2, 0.25) is 0 Å². The molecular weight excluding hydrogens is 230 g/mol. The zero-order chi connectivity index (χ0) is 14.3. The van der Waals surface area contributed by atoms with Crippen LogP contribution in [0.1, 0.15) is 71.0 Å². The molecule has 0 radical (unpaired) electrons. The van der Waals surface area contributed by atoms with E-state index in [1.807, 2.05) is 0 Å². The highest BCUT2D eigenvalue weighted by Crippen LogP contribution is 2.17. The van der Waals surface area contributed by atoms with Gasteiger partial charge in [-0.15, -0.1) is 0 Å². The minimum absolute atomic E-state index is 0.449. The molecule has 0 aliphatic rings. The molecule has 1 rings (SSSR count). The highest BCUT2D eigenvalue weighted by Gasteiger charge is 2.11. The van der Waals surface area contributed by atoms with Crippen LogP contribution in [-0.4, -0.2) is 6.04 Å². The second-order valence-corrected chi connectivity index (χ2v) is 6.12. The lowest BCUT2D eigenvalue weighted by Gasteiger charge is -2.22. The molecule has 0 aliphatic heterocycles. The van der Waals surface area contributed by atoms with E-state index in [0.717, 1.165) is 5.92 Å². The summed E-state index contributed by atoms with van der Waals surface area (Å²) in [5, 5.41) is 3.74. The van der Waals surface area contributed by atoms with E-state index in [9.17, 15) is 0 Å². The zero-order valence-electron chi connectivity index (χ0n) is 13.4. The van der Waals surface area contributed by atoms with E-state index in [1.54, 1.807) is 0 Å². The Balaban J connectivity index is 2.59. The second kappa shape index (κ2) is 8.37. The molecule has 2 atom stereocenters. The Labute approximate surface area is 119 Å². The minimum atomic E-state index is 0.449. The molecule has 108 valence electrons. The van der Waals surface area contributed by atoms with Gasteiger partial charge in [0.25, 0.3) is 0 Å². The summed E-state index contributed by atoms with van der Waals surface area (Å²) in [5.74, 6) is 0.732. The van der Waals surface area contributed by atoms with E-state index < -0.39 is 0 Å². The van der Waals surface area contributed by atoms with Gasteiger partial charge in [0, 0.05) is 12.1 Å². The highest BCUT2D eigenvalue weighted by molar-refractivity contribution is 5.25. The van der Waals surface area contributed by atoms with E-state index in [0.29, 0.717) is 12.1 Å². The van der Waals surface area contributed by atoms with Crippen molar-refractivity contribution in [3.63, 3.8) is 0 Å². The number of nitrogens with one attached hydrogen (secondary N) is 1. The fourth-order valence-electron chi connectivity index (χ4n) is 2.62. The highest BCUT2D eigenvalue weighted by atomic mass is 14.9. The van der Waals surface area contributed by atoms with E-state index >= 15 is 0 Å². The average Bonchev–Trinajstić information content (AvgIpc) is 2.38. The van der Waals surface area contributed by atoms with Crippen LogP contribution in [0.3, 0.4) is 0 Å². The van der Waals surface area contributed by atoms with Crippen molar-refractivity contribution in [2.45, 2.75) is 72.4 Å². The number of benzene rings is 1. The Morgan fingerprint density at radius 2 is 1.63 bits per heavy atom. The van der Waals surface area contributed by atoms with Gasteiger partial charge in [-0.3, -0.25) is 0 Å². The third-order valence-corrected chi connectivity index (χ3v) is 3.74. The SMILES string of the molecule is CCCC(CC)NC(C)c1ccc(CC(C)C)cc1. The van der Waals surface area contributed by atoms with Crippen LogP contribution in [0, 0.1) is 5.92 Å². The molecule has 0 spiro atoms. The smallest absolute Gasteiger partial charge is 0.0294 e. The summed E-state index contributed by atoms with van der Waals surface area (Å²) in [5.41, 5.74) is 2.86. The first-order chi connectivity index (χ1) is 9.06. The fraction of sp³-hybridized carbons (Fsp3) is 0.667. The predicted molar refractivity (Wildman–Crippen MR) is 85.5 cm³/mol. The molecule has 0 aliphatic carbocycles. The summed E-state index contributed by atoms with van der Waals surface area (Å²) < 4.78 is 0. The van der Waals surface area contributed by atoms with Crippen LogP contribution < -0.4 is 5.32 Å². The molecule has 1 aromatic carbocycles. The molecule has 0 saturated carbocycles. The molecule has 0 heterocycles. The lowest BCUT2D eigenvalue weighted by molar-refractivity contribution is 0.417. The summed E-state index contributed by atoms with van der Waals surface area (Å²) in [4.78, 5) is 0. The molecule has 0 saturated heterocycles. The zero-order valence-corrected chi connectivity index (χ0v) is 13.4. The van der Waals surface area contributed by atoms with Crippen molar-refractivity contribution in [1.29, 1.82) is 0 Å². The Kier molecular flexibility index (Phi) is 7.15. The Morgan fingerprint density at radius 1 is 1.00 bits per heavy atom. The molecule has 19 heavy (non-hydrogen) atoms. The van der Waals surface area contributed by atoms with E-state index in [-0.39, 0.29) is 0 Å². The van der Waals surface area contributed by atoms with Crippen molar-refractivity contribution in [2.75, 3.05) is 0 Å². The summed E-state index contributed by atoms with van der Waals surface area (Å²) in [6, 6.07) is 10.2. The summed E-state index contributed by atoms with van der Waals surface area (Å²) in [7, 11) is 0. The lowest BCUT2D eigenvalue weighted by Crippen LogP contribution is -2.30. The van der Waals surface area contributed by atoms with Crippen LogP contribution in [-0.2, 0) is 6.42 Å². The van der Waals surface area contributed by atoms with E-state index in [1.165, 1.54) is 36.8 Å². The largest absolute Gasteiger partial charge is 0.307 e. The van der Waals surface area contributed by atoms with Gasteiger partial charge < -0.3 is 5.32 Å². The van der Waals surface area contributed by atoms with Gasteiger partial charge in [0.15, 0.2) is 0 Å². The summed E-state index contributed by atoms with van der Waals surface area (Å²) in [6.45, 7) is 11.3. The van der Waals surface area contributed by atoms with Gasteiger partial charge in [-0.25, -0.2) is 0 Å². The first-order valence-corrected chi connectivity index (χ1v) is 7.91. The number of hydrogen-bond donors (Lipinski definition) is 1. The van der Waals surface area contributed by atoms with Gasteiger partial charge >= 0.3 is 0 Å². The van der Waals surface area contributed by atoms with E-state index in [2.05, 4.69) is 64.2 Å². The van der Waals surface area contributed by atoms with E-state index in [4.69, 9.17) is 0 Å². The molecule has 1 heteroatoms. The van der Waals surface area contributed by atoms with Crippen LogP contribution in [0.4, 0.5) is 0 Å². The van der Waals surface area contributed by atoms with Crippen LogP contribution in [0.2, 0.25) is 0 Å². The van der Waals surface area contributed by atoms with Gasteiger partial charge in [-0.05, 0) is 43.2 Å². The van der Waals surface area contributed by atoms with Gasteiger partial charge in [-0.1, -0.05) is 58.4 Å². The lowest BCUT2D eigenvalue weighted by atomic mass is 9.99. The number of rotatable bonds is 8.